The number of nitrogens with two attached hydrogens (primary N) is 1. The molecule has 130 valence electrons. The van der Waals surface area contributed by atoms with Crippen LogP contribution in [0.2, 0.25) is 0 Å². The molecule has 3 N–H and O–H groups in total. The molecule has 0 bridgehead atoms. The van der Waals surface area contributed by atoms with Crippen molar-refractivity contribution in [1.82, 2.24) is 24.4 Å². The minimum absolute atomic E-state index is 0.0489. The minimum Gasteiger partial charge on any atom is -0.328 e. The van der Waals surface area contributed by atoms with Crippen LogP contribution in [0.15, 0.2) is 0 Å². The minimum atomic E-state index is -3.12. The summed E-state index contributed by atoms with van der Waals surface area (Å²) in [5.41, 5.74) is 5.85. The van der Waals surface area contributed by atoms with E-state index < -0.39 is 10.0 Å². The molecule has 1 saturated heterocycles. The fraction of sp³-hybridized carbons (Fsp3) is 0.857. The van der Waals surface area contributed by atoms with Crippen LogP contribution in [0.3, 0.4) is 0 Å². The van der Waals surface area contributed by atoms with Gasteiger partial charge in [0, 0.05) is 38.1 Å². The molecule has 0 spiro atoms. The lowest BCUT2D eigenvalue weighted by Gasteiger charge is -2.32. The van der Waals surface area contributed by atoms with Crippen molar-refractivity contribution >= 4 is 10.0 Å². The van der Waals surface area contributed by atoms with E-state index in [0.717, 1.165) is 57.0 Å². The summed E-state index contributed by atoms with van der Waals surface area (Å²) in [7, 11) is -1.10. The Labute approximate surface area is 137 Å². The average Bonchev–Trinajstić information content (AvgIpc) is 2.77. The van der Waals surface area contributed by atoms with E-state index in [4.69, 9.17) is 5.73 Å². The van der Waals surface area contributed by atoms with Crippen LogP contribution in [0, 0.1) is 0 Å². The SMILES string of the molecule is Cn1c(CN2CCC(NS(C)(=O)=O)CC2)nnc1C1CC(N)C1. The average molecular weight is 342 g/mol. The van der Waals surface area contributed by atoms with Gasteiger partial charge in [-0.1, -0.05) is 0 Å². The van der Waals surface area contributed by atoms with Crippen molar-refractivity contribution in [3.8, 4) is 0 Å². The van der Waals surface area contributed by atoms with E-state index in [9.17, 15) is 8.42 Å². The molecule has 3 rings (SSSR count). The molecule has 2 fully saturated rings. The van der Waals surface area contributed by atoms with Gasteiger partial charge in [0.2, 0.25) is 10.0 Å². The Morgan fingerprint density at radius 3 is 2.48 bits per heavy atom. The summed E-state index contributed by atoms with van der Waals surface area (Å²) >= 11 is 0. The van der Waals surface area contributed by atoms with Gasteiger partial charge in [-0.25, -0.2) is 13.1 Å². The summed E-state index contributed by atoms with van der Waals surface area (Å²) in [5.74, 6) is 2.45. The lowest BCUT2D eigenvalue weighted by molar-refractivity contribution is 0.193. The van der Waals surface area contributed by atoms with Gasteiger partial charge in [-0.15, -0.1) is 10.2 Å². The molecule has 23 heavy (non-hydrogen) atoms. The molecule has 0 atom stereocenters. The molecule has 0 radical (unpaired) electrons. The number of hydrogen-bond donors (Lipinski definition) is 2. The Bertz CT molecular complexity index is 644. The Balaban J connectivity index is 1.53. The Hall–Kier alpha value is -1.03. The van der Waals surface area contributed by atoms with Gasteiger partial charge in [0.05, 0.1) is 12.8 Å². The van der Waals surface area contributed by atoms with Crippen LogP contribution >= 0.6 is 0 Å². The normalized spacial score (nSPS) is 27.1. The van der Waals surface area contributed by atoms with E-state index in [1.165, 1.54) is 6.26 Å². The van der Waals surface area contributed by atoms with Crippen LogP contribution in [0.4, 0.5) is 0 Å². The number of nitrogens with one attached hydrogen (secondary N) is 1. The van der Waals surface area contributed by atoms with Crippen molar-refractivity contribution in [1.29, 1.82) is 0 Å². The zero-order valence-corrected chi connectivity index (χ0v) is 14.6. The first-order valence-corrected chi connectivity index (χ1v) is 10.0. The second-order valence-corrected chi connectivity index (χ2v) is 8.68. The van der Waals surface area contributed by atoms with Crippen molar-refractivity contribution in [2.24, 2.45) is 12.8 Å². The van der Waals surface area contributed by atoms with Gasteiger partial charge in [-0.2, -0.15) is 0 Å². The molecular formula is C14H26N6O2S. The smallest absolute Gasteiger partial charge is 0.208 e. The largest absolute Gasteiger partial charge is 0.328 e. The fourth-order valence-corrected chi connectivity index (χ4v) is 4.29. The van der Waals surface area contributed by atoms with Gasteiger partial charge in [-0.05, 0) is 25.7 Å². The zero-order valence-electron chi connectivity index (χ0n) is 13.8. The van der Waals surface area contributed by atoms with E-state index >= 15 is 0 Å². The third kappa shape index (κ3) is 4.09. The lowest BCUT2D eigenvalue weighted by Crippen LogP contribution is -2.44. The summed E-state index contributed by atoms with van der Waals surface area (Å²) in [6.07, 6.45) is 4.86. The first kappa shape index (κ1) is 16.8. The maximum Gasteiger partial charge on any atom is 0.208 e. The molecule has 1 aromatic rings. The number of rotatable bonds is 5. The number of likely N-dealkylation sites (tertiary alicyclic amines) is 1. The number of hydrogen-bond acceptors (Lipinski definition) is 6. The Kier molecular flexibility index (Phi) is 4.73. The summed E-state index contributed by atoms with van der Waals surface area (Å²) in [4.78, 5) is 2.31. The van der Waals surface area contributed by atoms with Crippen LogP contribution in [0.25, 0.3) is 0 Å². The van der Waals surface area contributed by atoms with Crippen LogP contribution in [-0.2, 0) is 23.6 Å². The van der Waals surface area contributed by atoms with E-state index in [-0.39, 0.29) is 6.04 Å². The maximum atomic E-state index is 11.3. The van der Waals surface area contributed by atoms with Crippen LogP contribution < -0.4 is 10.5 Å². The topological polar surface area (TPSA) is 106 Å². The van der Waals surface area contributed by atoms with Crippen molar-refractivity contribution in [3.05, 3.63) is 11.6 Å². The van der Waals surface area contributed by atoms with E-state index in [1.807, 2.05) is 7.05 Å². The van der Waals surface area contributed by atoms with Crippen LogP contribution in [-0.4, -0.2) is 59.5 Å². The number of sulfonamides is 1. The van der Waals surface area contributed by atoms with Gasteiger partial charge in [0.25, 0.3) is 0 Å². The van der Waals surface area contributed by atoms with Crippen LogP contribution in [0.1, 0.15) is 43.3 Å². The zero-order chi connectivity index (χ0) is 16.6. The van der Waals surface area contributed by atoms with Gasteiger partial charge in [0.1, 0.15) is 11.6 Å². The molecule has 0 aromatic carbocycles. The third-order valence-corrected chi connectivity index (χ3v) is 5.63. The maximum absolute atomic E-state index is 11.3. The predicted molar refractivity (Wildman–Crippen MR) is 87.2 cm³/mol. The first-order valence-electron chi connectivity index (χ1n) is 8.15. The van der Waals surface area contributed by atoms with Crippen molar-refractivity contribution < 1.29 is 8.42 Å². The number of aromatic nitrogens is 3. The Morgan fingerprint density at radius 1 is 1.26 bits per heavy atom. The molecule has 9 heteroatoms. The van der Waals surface area contributed by atoms with E-state index in [1.54, 1.807) is 0 Å². The molecule has 1 aliphatic carbocycles. The van der Waals surface area contributed by atoms with Crippen molar-refractivity contribution in [2.45, 2.75) is 50.2 Å². The van der Waals surface area contributed by atoms with Gasteiger partial charge >= 0.3 is 0 Å². The summed E-state index contributed by atoms with van der Waals surface area (Å²) in [6.45, 7) is 2.49. The fourth-order valence-electron chi connectivity index (χ4n) is 3.45. The van der Waals surface area contributed by atoms with Crippen molar-refractivity contribution in [3.63, 3.8) is 0 Å². The second kappa shape index (κ2) is 6.46. The molecule has 0 amide bonds. The van der Waals surface area contributed by atoms with Gasteiger partial charge in [0.15, 0.2) is 0 Å². The highest BCUT2D eigenvalue weighted by Gasteiger charge is 2.32. The number of nitrogens with zero attached hydrogens (tertiary/aromatic N) is 4. The highest BCUT2D eigenvalue weighted by Crippen LogP contribution is 2.34. The standard InChI is InChI=1S/C14H26N6O2S/c1-19-13(16-17-14(19)10-7-11(15)8-10)9-20-5-3-12(4-6-20)18-23(2,21)22/h10-12,18H,3-9,15H2,1-2H3. The van der Waals surface area contributed by atoms with E-state index in [2.05, 4.69) is 24.4 Å². The molecule has 1 saturated carbocycles. The molecular weight excluding hydrogens is 316 g/mol. The monoisotopic (exact) mass is 342 g/mol. The molecule has 2 heterocycles. The van der Waals surface area contributed by atoms with Gasteiger partial charge in [-0.3, -0.25) is 4.90 Å². The second-order valence-electron chi connectivity index (χ2n) is 6.90. The summed E-state index contributed by atoms with van der Waals surface area (Å²) in [6, 6.07) is 0.356. The highest BCUT2D eigenvalue weighted by atomic mass is 32.2. The first-order chi connectivity index (χ1) is 10.8. The predicted octanol–water partition coefficient (Wildman–Crippen LogP) is -0.467. The quantitative estimate of drug-likeness (QED) is 0.749. The molecule has 0 unspecified atom stereocenters. The third-order valence-electron chi connectivity index (χ3n) is 4.87. The molecule has 2 aliphatic rings. The van der Waals surface area contributed by atoms with Crippen LogP contribution in [0.5, 0.6) is 0 Å². The van der Waals surface area contributed by atoms with Gasteiger partial charge < -0.3 is 10.3 Å². The summed E-state index contributed by atoms with van der Waals surface area (Å²) < 4.78 is 27.4. The highest BCUT2D eigenvalue weighted by molar-refractivity contribution is 7.88. The molecule has 1 aromatic heterocycles. The van der Waals surface area contributed by atoms with Crippen molar-refractivity contribution in [2.75, 3.05) is 19.3 Å². The molecule has 8 nitrogen and oxygen atoms in total. The Morgan fingerprint density at radius 2 is 1.91 bits per heavy atom. The number of piperidine rings is 1. The molecule has 1 aliphatic heterocycles. The summed E-state index contributed by atoms with van der Waals surface area (Å²) in [5, 5.41) is 8.68. The van der Waals surface area contributed by atoms with E-state index in [0.29, 0.717) is 12.0 Å². The lowest BCUT2D eigenvalue weighted by atomic mass is 9.80.